The highest BCUT2D eigenvalue weighted by molar-refractivity contribution is 7.03. The highest BCUT2D eigenvalue weighted by Gasteiger charge is 2.46. The molecule has 14 aromatic carbocycles. The van der Waals surface area contributed by atoms with Gasteiger partial charge in [0.1, 0.15) is 0 Å². The van der Waals surface area contributed by atoms with Crippen LogP contribution in [0.25, 0.3) is 144 Å². The summed E-state index contributed by atoms with van der Waals surface area (Å²) in [5, 5.41) is 8.19. The summed E-state index contributed by atoms with van der Waals surface area (Å²) in [5.74, 6) is 1.44. The van der Waals surface area contributed by atoms with Gasteiger partial charge in [0.2, 0.25) is 13.4 Å². The smallest absolute Gasteiger partial charge is 0.0661 e. The van der Waals surface area contributed by atoms with E-state index in [1.54, 1.807) is 0 Å². The van der Waals surface area contributed by atoms with E-state index in [1.165, 1.54) is 199 Å². The summed E-state index contributed by atoms with van der Waals surface area (Å²) < 4.78 is 0. The Balaban J connectivity index is 1.11. The molecule has 0 N–H and O–H groups in total. The molecule has 4 aliphatic rings. The average molecular weight is 1150 g/mol. The van der Waals surface area contributed by atoms with Gasteiger partial charge in [0.25, 0.3) is 0 Å². The molecule has 0 aromatic heterocycles. The molecule has 0 radical (unpaired) electrons. The predicted molar refractivity (Wildman–Crippen MR) is 390 cm³/mol. The minimum absolute atomic E-state index is 0.0282. The van der Waals surface area contributed by atoms with Gasteiger partial charge < -0.3 is 0 Å². The lowest BCUT2D eigenvalue weighted by molar-refractivity contribution is 0.866. The number of rotatable bonds is 10. The van der Waals surface area contributed by atoms with Crippen molar-refractivity contribution in [2.24, 2.45) is 0 Å². The van der Waals surface area contributed by atoms with E-state index in [0.29, 0.717) is 23.7 Å². The van der Waals surface area contributed by atoms with E-state index in [-0.39, 0.29) is 13.4 Å². The minimum Gasteiger partial charge on any atom is -0.0661 e. The molecule has 0 saturated carbocycles. The highest BCUT2D eigenvalue weighted by Crippen LogP contribution is 2.55. The zero-order chi connectivity index (χ0) is 60.5. The molecule has 0 aliphatic carbocycles. The highest BCUT2D eigenvalue weighted by atomic mass is 14.4. The van der Waals surface area contributed by atoms with Crippen LogP contribution in [-0.4, -0.2) is 13.4 Å². The third-order valence-corrected chi connectivity index (χ3v) is 21.4. The summed E-state index contributed by atoms with van der Waals surface area (Å²) in [6.45, 7) is 19.0. The van der Waals surface area contributed by atoms with E-state index in [2.05, 4.69) is 298 Å². The Hall–Kier alpha value is -9.75. The van der Waals surface area contributed by atoms with Crippen molar-refractivity contribution in [1.29, 1.82) is 0 Å². The standard InChI is InChI=1S/C88H68B2/c1-49(2)57-35-37-77-65(39-57)73-41-59(51(5)6)43-75-69-45-67(81-61(53-23-13-9-14-24-53)31-21-32-62(81)54-25-15-10-16-26-54)72-48-80-84-70(76-44-60(52(7)8)42-74-66-40-58(50(3)4)36-38-78(66)90(80)88(74)76)46-68(71-47-79(89(77)87(73)75)83(69)85(72)86(71)84)82-63(55-27-17-11-18-28-55)33-22-34-64(82)56-29-19-12-20-30-56/h9-52H,1-8H3. The lowest BCUT2D eigenvalue weighted by atomic mass is 9.34. The summed E-state index contributed by atoms with van der Waals surface area (Å²) in [6.07, 6.45) is 0. The van der Waals surface area contributed by atoms with Gasteiger partial charge in [-0.2, -0.15) is 0 Å². The minimum atomic E-state index is 0.0282. The van der Waals surface area contributed by atoms with Crippen LogP contribution in [0.1, 0.15) is 101 Å². The molecule has 0 fully saturated rings. The predicted octanol–water partition coefficient (Wildman–Crippen LogP) is 20.0. The Morgan fingerprint density at radius 3 is 0.822 bits per heavy atom. The second kappa shape index (κ2) is 19.9. The number of hydrogen-bond acceptors (Lipinski definition) is 0. The van der Waals surface area contributed by atoms with Crippen LogP contribution in [-0.2, 0) is 0 Å². The van der Waals surface area contributed by atoms with E-state index in [9.17, 15) is 0 Å². The maximum Gasteiger partial charge on any atom is 0.244 e. The molecule has 0 bridgehead atoms. The van der Waals surface area contributed by atoms with Crippen LogP contribution in [0.5, 0.6) is 0 Å². The van der Waals surface area contributed by atoms with Gasteiger partial charge in [-0.1, -0.05) is 319 Å². The lowest BCUT2D eigenvalue weighted by Gasteiger charge is -2.34. The molecule has 90 heavy (non-hydrogen) atoms. The molecular formula is C88H68B2. The molecule has 0 nitrogen and oxygen atoms in total. The zero-order valence-corrected chi connectivity index (χ0v) is 52.6. The summed E-state index contributed by atoms with van der Waals surface area (Å²) >= 11 is 0. The zero-order valence-electron chi connectivity index (χ0n) is 52.6. The molecule has 0 amide bonds. The normalized spacial score (nSPS) is 13.0. The Bertz CT molecular complexity index is 4890. The Morgan fingerprint density at radius 2 is 0.511 bits per heavy atom. The molecule has 426 valence electrons. The van der Waals surface area contributed by atoms with Crippen LogP contribution >= 0.6 is 0 Å². The number of benzene rings is 14. The first-order valence-electron chi connectivity index (χ1n) is 33.0. The number of fused-ring (bicyclic) bond motifs is 10. The van der Waals surface area contributed by atoms with E-state index in [1.807, 2.05) is 0 Å². The van der Waals surface area contributed by atoms with Crippen LogP contribution in [0.2, 0.25) is 0 Å². The average Bonchev–Trinajstić information content (AvgIpc) is 1.19. The maximum atomic E-state index is 2.75. The first-order chi connectivity index (χ1) is 44.0. The fourth-order valence-corrected chi connectivity index (χ4v) is 17.0. The molecule has 0 unspecified atom stereocenters. The van der Waals surface area contributed by atoms with Gasteiger partial charge in [0.05, 0.1) is 0 Å². The maximum absolute atomic E-state index is 2.75. The fourth-order valence-electron chi connectivity index (χ4n) is 17.0. The molecule has 4 heterocycles. The fraction of sp³-hybridized carbons (Fsp3) is 0.136. The lowest BCUT2D eigenvalue weighted by Crippen LogP contribution is -2.53. The van der Waals surface area contributed by atoms with Gasteiger partial charge in [0.15, 0.2) is 0 Å². The Kier molecular flexibility index (Phi) is 11.8. The summed E-state index contributed by atoms with van der Waals surface area (Å²) in [4.78, 5) is 0. The molecule has 0 spiro atoms. The van der Waals surface area contributed by atoms with Gasteiger partial charge in [-0.05, 0) is 202 Å². The third kappa shape index (κ3) is 7.58. The SMILES string of the molecule is CC(C)c1ccc2c(c1)-c1cc(C(C)C)cc3c1B2c1cc2c(-c4c(-c5ccccc5)cccc4-c4ccccc4)cc4c5c(cc6c(-c7c(-c8ccccc8)cccc7-c7ccccc7)cc-3c1c6c25)B1c2ccc(C(C)C)cc2-c2cc(C(C)C)cc-4c21. The quantitative estimate of drug-likeness (QED) is 0.0946. The largest absolute Gasteiger partial charge is 0.244 e. The van der Waals surface area contributed by atoms with Crippen molar-refractivity contribution in [3.05, 3.63) is 265 Å². The summed E-state index contributed by atoms with van der Waals surface area (Å²) in [7, 11) is 0. The van der Waals surface area contributed by atoms with Crippen LogP contribution in [0, 0.1) is 0 Å². The van der Waals surface area contributed by atoms with Gasteiger partial charge >= 0.3 is 0 Å². The van der Waals surface area contributed by atoms with Crippen molar-refractivity contribution in [2.75, 3.05) is 0 Å². The first-order valence-corrected chi connectivity index (χ1v) is 33.0. The Morgan fingerprint density at radius 1 is 0.211 bits per heavy atom. The van der Waals surface area contributed by atoms with Crippen molar-refractivity contribution in [1.82, 2.24) is 0 Å². The molecule has 0 saturated heterocycles. The van der Waals surface area contributed by atoms with Crippen LogP contribution in [0.15, 0.2) is 243 Å². The Labute approximate surface area is 530 Å². The van der Waals surface area contributed by atoms with Crippen LogP contribution in [0.3, 0.4) is 0 Å². The molecule has 0 atom stereocenters. The molecule has 14 aromatic rings. The van der Waals surface area contributed by atoms with Gasteiger partial charge in [-0.25, -0.2) is 0 Å². The van der Waals surface area contributed by atoms with E-state index < -0.39 is 0 Å². The van der Waals surface area contributed by atoms with Crippen molar-refractivity contribution >= 4 is 78.5 Å². The van der Waals surface area contributed by atoms with E-state index >= 15 is 0 Å². The second-order valence-electron chi connectivity index (χ2n) is 27.6. The first kappa shape index (κ1) is 53.3. The van der Waals surface area contributed by atoms with Crippen LogP contribution in [0.4, 0.5) is 0 Å². The monoisotopic (exact) mass is 1150 g/mol. The van der Waals surface area contributed by atoms with Gasteiger partial charge in [-0.15, -0.1) is 0 Å². The second-order valence-corrected chi connectivity index (χ2v) is 27.6. The molecule has 2 heteroatoms. The third-order valence-electron chi connectivity index (χ3n) is 21.4. The van der Waals surface area contributed by atoms with Crippen molar-refractivity contribution in [2.45, 2.75) is 79.1 Å². The molecular weight excluding hydrogens is 1080 g/mol. The molecule has 4 aliphatic heterocycles. The van der Waals surface area contributed by atoms with Crippen molar-refractivity contribution in [3.8, 4) is 111 Å². The van der Waals surface area contributed by atoms with Gasteiger partial charge in [-0.3, -0.25) is 0 Å². The van der Waals surface area contributed by atoms with E-state index in [0.717, 1.165) is 0 Å². The van der Waals surface area contributed by atoms with Crippen LogP contribution < -0.4 is 32.8 Å². The summed E-state index contributed by atoms with van der Waals surface area (Å²) in [5.41, 5.74) is 40.0. The molecule has 18 rings (SSSR count). The summed E-state index contributed by atoms with van der Waals surface area (Å²) in [6, 6.07) is 95.3. The van der Waals surface area contributed by atoms with Crippen molar-refractivity contribution in [3.63, 3.8) is 0 Å². The van der Waals surface area contributed by atoms with Gasteiger partial charge in [0, 0.05) is 0 Å². The number of hydrogen-bond donors (Lipinski definition) is 0. The van der Waals surface area contributed by atoms with E-state index in [4.69, 9.17) is 0 Å². The van der Waals surface area contributed by atoms with Crippen molar-refractivity contribution < 1.29 is 0 Å². The topological polar surface area (TPSA) is 0 Å².